The summed E-state index contributed by atoms with van der Waals surface area (Å²) in [6, 6.07) is 3.66. The highest BCUT2D eigenvalue weighted by molar-refractivity contribution is 6.04. The van der Waals surface area contributed by atoms with Crippen molar-refractivity contribution < 1.29 is 19.4 Å². The zero-order valence-corrected chi connectivity index (χ0v) is 25.5. The van der Waals surface area contributed by atoms with Crippen molar-refractivity contribution in [2.75, 3.05) is 75.1 Å². The molecule has 1 unspecified atom stereocenters. The fraction of sp³-hybridized carbons (Fsp3) is 0.613. The Morgan fingerprint density at radius 2 is 1.93 bits per heavy atom. The molecular formula is C31H44N8O4. The maximum absolute atomic E-state index is 13.2. The van der Waals surface area contributed by atoms with Gasteiger partial charge in [-0.15, -0.1) is 0 Å². The van der Waals surface area contributed by atoms with E-state index in [1.165, 1.54) is 0 Å². The molecule has 2 atom stereocenters. The number of likely N-dealkylation sites (N-methyl/N-ethyl adjacent to an activating group) is 2. The number of ether oxygens (including phenoxy) is 1. The van der Waals surface area contributed by atoms with Gasteiger partial charge in [0.15, 0.2) is 5.82 Å². The molecule has 232 valence electrons. The second-order valence-corrected chi connectivity index (χ2v) is 12.2. The Labute approximate surface area is 253 Å². The number of hydrogen-bond donors (Lipinski definition) is 3. The minimum atomic E-state index is -0.635. The maximum Gasteiger partial charge on any atom is 0.251 e. The minimum absolute atomic E-state index is 0.0816. The van der Waals surface area contributed by atoms with E-state index in [-0.39, 0.29) is 30.4 Å². The Morgan fingerprint density at radius 3 is 2.67 bits per heavy atom. The molecule has 3 N–H and O–H groups in total. The molecule has 4 aliphatic rings. The van der Waals surface area contributed by atoms with Crippen molar-refractivity contribution in [3.63, 3.8) is 0 Å². The molecule has 0 radical (unpaired) electrons. The topological polar surface area (TPSA) is 126 Å². The van der Waals surface area contributed by atoms with Crippen LogP contribution in [-0.4, -0.2) is 115 Å². The fourth-order valence-electron chi connectivity index (χ4n) is 6.87. The zero-order chi connectivity index (χ0) is 30.1. The molecule has 1 saturated heterocycles. The van der Waals surface area contributed by atoms with Gasteiger partial charge in [0.2, 0.25) is 11.9 Å². The summed E-state index contributed by atoms with van der Waals surface area (Å²) < 4.78 is 5.99. The predicted octanol–water partition coefficient (Wildman–Crippen LogP) is 2.00. The van der Waals surface area contributed by atoms with Gasteiger partial charge in [0.25, 0.3) is 5.91 Å². The molecule has 1 aromatic heterocycles. The van der Waals surface area contributed by atoms with E-state index in [0.29, 0.717) is 48.9 Å². The molecule has 12 nitrogen and oxygen atoms in total. The van der Waals surface area contributed by atoms with Gasteiger partial charge >= 0.3 is 0 Å². The monoisotopic (exact) mass is 592 g/mol. The lowest BCUT2D eigenvalue weighted by Crippen LogP contribution is -2.55. The van der Waals surface area contributed by atoms with Crippen LogP contribution >= 0.6 is 0 Å². The van der Waals surface area contributed by atoms with Gasteiger partial charge in [0, 0.05) is 69.9 Å². The Balaban J connectivity index is 1.17. The number of aliphatic hydroxyl groups is 1. The highest BCUT2D eigenvalue weighted by Gasteiger charge is 2.41. The number of nitrogens with zero attached hydrogens (tertiary/aromatic N) is 6. The number of anilines is 4. The number of carbonyl (C=O) groups is 2. The van der Waals surface area contributed by atoms with Crippen molar-refractivity contribution in [1.29, 1.82) is 0 Å². The maximum atomic E-state index is 13.2. The number of fused-ring (bicyclic) bond motifs is 2. The van der Waals surface area contributed by atoms with Crippen molar-refractivity contribution in [1.82, 2.24) is 25.1 Å². The normalized spacial score (nSPS) is 21.9. The number of hydrogen-bond acceptors (Lipinski definition) is 10. The molecule has 2 fully saturated rings. The molecule has 3 aliphatic heterocycles. The SMILES string of the molecule is CC[C@@H]1C(=O)N(C)c2cnc(Nc3ccc(C(=O)NCC(O)CN4CCN(C)CC4)c4c3OCC4)nc2N1C1CCCC1. The van der Waals surface area contributed by atoms with Crippen LogP contribution in [0.5, 0.6) is 5.75 Å². The van der Waals surface area contributed by atoms with Crippen LogP contribution in [0.1, 0.15) is 54.9 Å². The first kappa shape index (κ1) is 29.6. The minimum Gasteiger partial charge on any atom is -0.491 e. The van der Waals surface area contributed by atoms with E-state index in [1.807, 2.05) is 6.07 Å². The number of amides is 2. The third-order valence-corrected chi connectivity index (χ3v) is 9.33. The summed E-state index contributed by atoms with van der Waals surface area (Å²) in [5.74, 6) is 1.68. The Bertz CT molecular complexity index is 1340. The Morgan fingerprint density at radius 1 is 1.16 bits per heavy atom. The van der Waals surface area contributed by atoms with E-state index in [0.717, 1.165) is 68.9 Å². The van der Waals surface area contributed by atoms with Crippen LogP contribution in [0, 0.1) is 0 Å². The third kappa shape index (κ3) is 6.00. The second-order valence-electron chi connectivity index (χ2n) is 12.2. The summed E-state index contributed by atoms with van der Waals surface area (Å²) >= 11 is 0. The second kappa shape index (κ2) is 12.6. The van der Waals surface area contributed by atoms with E-state index in [2.05, 4.69) is 44.3 Å². The molecule has 1 aliphatic carbocycles. The van der Waals surface area contributed by atoms with E-state index in [9.17, 15) is 14.7 Å². The number of aromatic nitrogens is 2. The van der Waals surface area contributed by atoms with Crippen molar-refractivity contribution in [2.24, 2.45) is 0 Å². The summed E-state index contributed by atoms with van der Waals surface area (Å²) in [7, 11) is 3.90. The molecule has 12 heteroatoms. The smallest absolute Gasteiger partial charge is 0.251 e. The van der Waals surface area contributed by atoms with E-state index >= 15 is 0 Å². The lowest BCUT2D eigenvalue weighted by atomic mass is 10.0. The fourth-order valence-corrected chi connectivity index (χ4v) is 6.87. The summed E-state index contributed by atoms with van der Waals surface area (Å²) in [6.45, 7) is 7.07. The number of piperazine rings is 1. The lowest BCUT2D eigenvalue weighted by Gasteiger charge is -2.43. The molecule has 2 aromatic rings. The zero-order valence-electron chi connectivity index (χ0n) is 25.5. The number of β-amino-alcohol motifs (C(OH)–C–C–N with tert-alkyl or cyclic N) is 1. The van der Waals surface area contributed by atoms with E-state index < -0.39 is 6.10 Å². The first-order valence-electron chi connectivity index (χ1n) is 15.7. The molecule has 1 aromatic carbocycles. The van der Waals surface area contributed by atoms with Crippen molar-refractivity contribution in [2.45, 2.75) is 63.6 Å². The Hall–Kier alpha value is -3.48. The highest BCUT2D eigenvalue weighted by atomic mass is 16.5. The molecule has 6 rings (SSSR count). The number of benzene rings is 1. The van der Waals surface area contributed by atoms with Gasteiger partial charge in [-0.05, 0) is 38.4 Å². The average molecular weight is 593 g/mol. The average Bonchev–Trinajstić information content (AvgIpc) is 3.72. The third-order valence-electron chi connectivity index (χ3n) is 9.33. The standard InChI is InChI=1S/C31H44N8O4/c1-4-25-30(42)37(3)26-18-33-31(35-28(26)39(25)20-7-5-6-8-20)34-24-10-9-23(22-11-16-43-27(22)24)29(41)32-17-21(40)19-38-14-12-36(2)13-15-38/h9-10,18,20-21,25,40H,4-8,11-17,19H2,1-3H3,(H,32,41)(H,33,34,35)/t21?,25-/m1/s1. The molecule has 0 bridgehead atoms. The van der Waals surface area contributed by atoms with Crippen molar-refractivity contribution in [3.05, 3.63) is 29.5 Å². The number of carbonyl (C=O) groups excluding carboxylic acids is 2. The highest BCUT2D eigenvalue weighted by Crippen LogP contribution is 2.41. The summed E-state index contributed by atoms with van der Waals surface area (Å²) in [6.07, 6.45) is 6.83. The Kier molecular flexibility index (Phi) is 8.69. The van der Waals surface area contributed by atoms with Crippen molar-refractivity contribution in [3.8, 4) is 5.75 Å². The number of aliphatic hydroxyl groups excluding tert-OH is 1. The first-order chi connectivity index (χ1) is 20.8. The van der Waals surface area contributed by atoms with Crippen LogP contribution < -0.4 is 25.2 Å². The first-order valence-corrected chi connectivity index (χ1v) is 15.7. The van der Waals surface area contributed by atoms with Gasteiger partial charge in [0.05, 0.1) is 24.6 Å². The summed E-state index contributed by atoms with van der Waals surface area (Å²) in [5.41, 5.74) is 2.79. The number of rotatable bonds is 9. The van der Waals surface area contributed by atoms with Gasteiger partial charge in [-0.1, -0.05) is 19.8 Å². The van der Waals surface area contributed by atoms with Crippen LogP contribution in [0.25, 0.3) is 0 Å². The van der Waals surface area contributed by atoms with E-state index in [1.54, 1.807) is 24.2 Å². The molecule has 1 saturated carbocycles. The van der Waals surface area contributed by atoms with Gasteiger partial charge in [-0.25, -0.2) is 4.98 Å². The quantitative estimate of drug-likeness (QED) is 0.398. The van der Waals surface area contributed by atoms with Crippen LogP contribution in [-0.2, 0) is 11.2 Å². The lowest BCUT2D eigenvalue weighted by molar-refractivity contribution is -0.120. The molecule has 43 heavy (non-hydrogen) atoms. The molecule has 4 heterocycles. The molecule has 0 spiro atoms. The van der Waals surface area contributed by atoms with Gasteiger partial charge < -0.3 is 35.2 Å². The van der Waals surface area contributed by atoms with E-state index in [4.69, 9.17) is 9.72 Å². The van der Waals surface area contributed by atoms with Crippen LogP contribution in [0.4, 0.5) is 23.1 Å². The molecule has 2 amide bonds. The molecular weight excluding hydrogens is 548 g/mol. The summed E-state index contributed by atoms with van der Waals surface area (Å²) in [4.78, 5) is 44.3. The predicted molar refractivity (Wildman–Crippen MR) is 165 cm³/mol. The summed E-state index contributed by atoms with van der Waals surface area (Å²) in [5, 5.41) is 16.8. The number of nitrogens with one attached hydrogen (secondary N) is 2. The van der Waals surface area contributed by atoms with Gasteiger partial charge in [0.1, 0.15) is 17.5 Å². The largest absolute Gasteiger partial charge is 0.491 e. The van der Waals surface area contributed by atoms with Gasteiger partial charge in [-0.3, -0.25) is 14.5 Å². The van der Waals surface area contributed by atoms with Gasteiger partial charge in [-0.2, -0.15) is 4.98 Å². The van der Waals surface area contributed by atoms with Crippen LogP contribution in [0.2, 0.25) is 0 Å². The van der Waals surface area contributed by atoms with Crippen LogP contribution in [0.15, 0.2) is 18.3 Å². The van der Waals surface area contributed by atoms with Crippen LogP contribution in [0.3, 0.4) is 0 Å². The van der Waals surface area contributed by atoms with Crippen molar-refractivity contribution >= 4 is 35.0 Å².